The first kappa shape index (κ1) is 31.1. The highest BCUT2D eigenvalue weighted by Crippen LogP contribution is 2.60. The van der Waals surface area contributed by atoms with E-state index in [9.17, 15) is 24.3 Å². The number of fused-ring (bicyclic) bond motifs is 2. The van der Waals surface area contributed by atoms with Crippen LogP contribution in [0, 0.1) is 5.92 Å². The maximum atomic E-state index is 14.5. The highest BCUT2D eigenvalue weighted by molar-refractivity contribution is 6.71. The third-order valence-corrected chi connectivity index (χ3v) is 11.4. The summed E-state index contributed by atoms with van der Waals surface area (Å²) in [4.78, 5) is 53.4. The molecule has 1 aromatic heterocycles. The molecule has 2 fully saturated rings. The van der Waals surface area contributed by atoms with Gasteiger partial charge in [0, 0.05) is 61.4 Å². The number of amides is 2. The van der Waals surface area contributed by atoms with Crippen LogP contribution < -0.4 is 9.80 Å². The molecule has 0 unspecified atom stereocenters. The Morgan fingerprint density at radius 2 is 2.02 bits per heavy atom. The Hall–Kier alpha value is -3.33. The van der Waals surface area contributed by atoms with Crippen LogP contribution in [-0.4, -0.2) is 90.7 Å². The molecule has 2 aromatic rings. The fourth-order valence-corrected chi connectivity index (χ4v) is 9.53. The van der Waals surface area contributed by atoms with Crippen LogP contribution >= 0.6 is 0 Å². The van der Waals surface area contributed by atoms with Gasteiger partial charge in [0.05, 0.1) is 31.1 Å². The number of carbonyl (C=O) groups is 3. The maximum absolute atomic E-state index is 14.5. The molecular weight excluding hydrogens is 574 g/mol. The monoisotopic (exact) mass is 615 g/mol. The summed E-state index contributed by atoms with van der Waals surface area (Å²) >= 11 is 0. The Balaban J connectivity index is 1.49. The summed E-state index contributed by atoms with van der Waals surface area (Å²) in [6, 6.07) is 5.52. The Bertz CT molecular complexity index is 1360. The van der Waals surface area contributed by atoms with E-state index >= 15 is 0 Å². The number of methoxy groups -OCH3 is 1. The molecule has 2 amide bonds. The first-order valence-corrected chi connectivity index (χ1v) is 17.9. The van der Waals surface area contributed by atoms with E-state index in [0.29, 0.717) is 67.9 Å². The summed E-state index contributed by atoms with van der Waals surface area (Å²) < 4.78 is 18.5. The summed E-state index contributed by atoms with van der Waals surface area (Å²) in [7, 11) is -1.51. The number of rotatable bonds is 12. The zero-order chi connectivity index (χ0) is 30.9. The number of ether oxygens (including phenoxy) is 3. The minimum absolute atomic E-state index is 0.0192. The molecule has 0 bridgehead atoms. The number of cyclic esters (lactones) is 1. The summed E-state index contributed by atoms with van der Waals surface area (Å²) in [5, 5.41) is 17.5. The molecule has 4 atom stereocenters. The van der Waals surface area contributed by atoms with Crippen molar-refractivity contribution >= 4 is 37.7 Å². The van der Waals surface area contributed by atoms with Gasteiger partial charge in [0.2, 0.25) is 0 Å². The zero-order valence-corrected chi connectivity index (χ0v) is 26.2. The smallest absolute Gasteiger partial charge is 0.414 e. The molecule has 3 aliphatic heterocycles. The van der Waals surface area contributed by atoms with Crippen molar-refractivity contribution in [3.63, 3.8) is 0 Å². The van der Waals surface area contributed by atoms with Crippen LogP contribution in [0.4, 0.5) is 16.2 Å². The van der Waals surface area contributed by atoms with Crippen molar-refractivity contribution in [3.8, 4) is 0 Å². The molecule has 2 saturated heterocycles. The highest BCUT2D eigenvalue weighted by Gasteiger charge is 2.66. The number of anilines is 2. The number of hydrogen-bond donors (Lipinski definition) is 2. The number of aryl methyl sites for hydroxylation is 1. The van der Waals surface area contributed by atoms with Gasteiger partial charge in [-0.15, -0.1) is 5.10 Å². The molecule has 5 rings (SSSR count). The van der Waals surface area contributed by atoms with Gasteiger partial charge >= 0.3 is 12.1 Å². The van der Waals surface area contributed by atoms with Gasteiger partial charge < -0.3 is 29.0 Å². The van der Waals surface area contributed by atoms with E-state index in [1.807, 2.05) is 38.2 Å². The molecule has 234 valence electrons. The van der Waals surface area contributed by atoms with Crippen molar-refractivity contribution in [2.24, 2.45) is 5.92 Å². The third kappa shape index (κ3) is 5.80. The van der Waals surface area contributed by atoms with Crippen LogP contribution in [0.25, 0.3) is 0 Å². The van der Waals surface area contributed by atoms with Crippen molar-refractivity contribution in [1.82, 2.24) is 15.0 Å². The van der Waals surface area contributed by atoms with E-state index in [1.165, 1.54) is 7.11 Å². The maximum Gasteiger partial charge on any atom is 0.414 e. The number of benzene rings is 1. The number of esters is 1. The van der Waals surface area contributed by atoms with E-state index in [1.54, 1.807) is 20.7 Å². The average Bonchev–Trinajstić information content (AvgIpc) is 3.72. The summed E-state index contributed by atoms with van der Waals surface area (Å²) in [6.45, 7) is 7.25. The lowest BCUT2D eigenvalue weighted by atomic mass is 9.82. The quantitative estimate of drug-likeness (QED) is 0.206. The molecule has 2 N–H and O–H groups in total. The van der Waals surface area contributed by atoms with Crippen molar-refractivity contribution in [2.45, 2.75) is 75.9 Å². The van der Waals surface area contributed by atoms with Crippen molar-refractivity contribution in [1.29, 1.82) is 0 Å². The number of aliphatic hydroxyl groups excluding tert-OH is 1. The second-order valence-electron chi connectivity index (χ2n) is 12.1. The number of aliphatic hydroxyl groups is 1. The van der Waals surface area contributed by atoms with Gasteiger partial charge in [0.1, 0.15) is 6.61 Å². The van der Waals surface area contributed by atoms with Crippen LogP contribution in [0.3, 0.4) is 0 Å². The average molecular weight is 616 g/mol. The molecular formula is C29H41N5O8Si. The van der Waals surface area contributed by atoms with E-state index in [-0.39, 0.29) is 43.0 Å². The zero-order valence-electron chi connectivity index (χ0n) is 25.2. The van der Waals surface area contributed by atoms with Crippen LogP contribution in [0.5, 0.6) is 0 Å². The molecule has 43 heavy (non-hydrogen) atoms. The largest absolute Gasteiger partial charge is 0.469 e. The van der Waals surface area contributed by atoms with E-state index in [0.717, 1.165) is 0 Å². The molecule has 0 radical (unpaired) electrons. The Labute approximate surface area is 251 Å². The Morgan fingerprint density at radius 1 is 1.23 bits per heavy atom. The van der Waals surface area contributed by atoms with Gasteiger partial charge in [0.25, 0.3) is 5.91 Å². The SMILES string of the molecule is COC(=O)CCCCN1C(=O)[C@]2(O[C@H](CCn3cc(CCO)nn3)[C@@H]([Si](C)(C)O)[C@@H]2C)c2cc(N3CCOC3=O)ccc21. The third-order valence-electron chi connectivity index (χ3n) is 8.88. The van der Waals surface area contributed by atoms with E-state index in [2.05, 4.69) is 10.3 Å². The summed E-state index contributed by atoms with van der Waals surface area (Å²) in [6.07, 6.45) is 3.22. The Morgan fingerprint density at radius 3 is 2.70 bits per heavy atom. The van der Waals surface area contributed by atoms with Gasteiger partial charge in [-0.3, -0.25) is 19.2 Å². The lowest BCUT2D eigenvalue weighted by Crippen LogP contribution is -2.46. The molecule has 4 heterocycles. The molecule has 0 aliphatic carbocycles. The molecule has 13 nitrogen and oxygen atoms in total. The van der Waals surface area contributed by atoms with Crippen LogP contribution in [0.2, 0.25) is 18.6 Å². The number of aromatic nitrogens is 3. The van der Waals surface area contributed by atoms with Crippen molar-refractivity contribution in [2.75, 3.05) is 43.2 Å². The summed E-state index contributed by atoms with van der Waals surface area (Å²) in [5.74, 6) is -0.862. The number of nitrogens with zero attached hydrogens (tertiary/aromatic N) is 5. The van der Waals surface area contributed by atoms with Gasteiger partial charge in [-0.2, -0.15) is 0 Å². The molecule has 1 spiro atoms. The highest BCUT2D eigenvalue weighted by atomic mass is 28.4. The van der Waals surface area contributed by atoms with Gasteiger partial charge in [-0.1, -0.05) is 12.1 Å². The minimum Gasteiger partial charge on any atom is -0.469 e. The molecule has 3 aliphatic rings. The predicted molar refractivity (Wildman–Crippen MR) is 158 cm³/mol. The fourth-order valence-electron chi connectivity index (χ4n) is 6.93. The topological polar surface area (TPSA) is 157 Å². The number of hydrogen-bond acceptors (Lipinski definition) is 10. The van der Waals surface area contributed by atoms with Gasteiger partial charge in [-0.25, -0.2) is 4.79 Å². The van der Waals surface area contributed by atoms with Crippen LogP contribution in [0.1, 0.15) is 43.9 Å². The van der Waals surface area contributed by atoms with Crippen molar-refractivity contribution in [3.05, 3.63) is 35.7 Å². The normalized spacial score (nSPS) is 25.1. The van der Waals surface area contributed by atoms with Crippen LogP contribution in [-0.2, 0) is 42.4 Å². The molecule has 1 aromatic carbocycles. The van der Waals surface area contributed by atoms with Crippen LogP contribution in [0.15, 0.2) is 24.4 Å². The minimum atomic E-state index is -2.87. The number of carbonyl (C=O) groups excluding carboxylic acids is 3. The lowest BCUT2D eigenvalue weighted by molar-refractivity contribution is -0.146. The van der Waals surface area contributed by atoms with E-state index in [4.69, 9.17) is 14.2 Å². The number of unbranched alkanes of at least 4 members (excludes halogenated alkanes) is 1. The predicted octanol–water partition coefficient (Wildman–Crippen LogP) is 2.35. The fraction of sp³-hybridized carbons (Fsp3) is 0.621. The Kier molecular flexibility index (Phi) is 8.93. The first-order valence-electron chi connectivity index (χ1n) is 14.9. The molecule has 0 saturated carbocycles. The second kappa shape index (κ2) is 12.3. The van der Waals surface area contributed by atoms with Gasteiger partial charge in [0.15, 0.2) is 13.9 Å². The van der Waals surface area contributed by atoms with Crippen molar-refractivity contribution < 1.29 is 38.5 Å². The molecule has 14 heteroatoms. The second-order valence-corrected chi connectivity index (χ2v) is 16.0. The first-order chi connectivity index (χ1) is 20.5. The standard InChI is InChI=1S/C29H41N5O8Si/c1-19-26(43(3,4)39)24(10-13-32-18-20(11-15-35)30-31-32)42-29(19)22-17-21(33-14-16-41-28(33)38)8-9-23(22)34(27(29)37)12-6-5-7-25(36)40-2/h8-9,17-19,24,26,35,39H,5-7,10-16H2,1-4H3/t19-,24+,26-,29+/m0/s1. The summed E-state index contributed by atoms with van der Waals surface area (Å²) in [5.41, 5.74) is 1.05. The lowest BCUT2D eigenvalue weighted by Gasteiger charge is -2.32. The van der Waals surface area contributed by atoms with Gasteiger partial charge in [-0.05, 0) is 50.6 Å². The van der Waals surface area contributed by atoms with E-state index < -0.39 is 26.1 Å².